The third-order valence-corrected chi connectivity index (χ3v) is 8.63. The summed E-state index contributed by atoms with van der Waals surface area (Å²) in [6, 6.07) is 3.14. The number of halogens is 2. The Bertz CT molecular complexity index is 1140. The molecule has 11 heteroatoms. The Morgan fingerprint density at radius 1 is 1.19 bits per heavy atom. The Kier molecular flexibility index (Phi) is 6.52. The molecule has 1 saturated carbocycles. The molecule has 8 nitrogen and oxygen atoms in total. The molecule has 2 aliphatic rings. The summed E-state index contributed by atoms with van der Waals surface area (Å²) in [5.74, 6) is 0.509. The Morgan fingerprint density at radius 3 is 2.61 bits per heavy atom. The highest BCUT2D eigenvalue weighted by Gasteiger charge is 2.37. The zero-order valence-corrected chi connectivity index (χ0v) is 19.9. The highest BCUT2D eigenvalue weighted by atomic mass is 35.5. The summed E-state index contributed by atoms with van der Waals surface area (Å²) in [7, 11) is -2.23. The van der Waals surface area contributed by atoms with Crippen molar-refractivity contribution in [3.63, 3.8) is 0 Å². The minimum Gasteiger partial charge on any atom is -0.383 e. The molecule has 1 aliphatic carbocycles. The molecule has 31 heavy (non-hydrogen) atoms. The van der Waals surface area contributed by atoms with E-state index >= 15 is 0 Å². The van der Waals surface area contributed by atoms with Crippen LogP contribution in [-0.4, -0.2) is 53.9 Å². The van der Waals surface area contributed by atoms with E-state index in [4.69, 9.17) is 27.9 Å². The monoisotopic (exact) mass is 488 g/mol. The van der Waals surface area contributed by atoms with Crippen molar-refractivity contribution in [2.45, 2.75) is 56.0 Å². The molecule has 4 rings (SSSR count). The van der Waals surface area contributed by atoms with E-state index in [9.17, 15) is 13.2 Å². The number of hydrogen-bond donors (Lipinski definition) is 0. The Balaban J connectivity index is 1.65. The average Bonchev–Trinajstić information content (AvgIpc) is 3.52. The zero-order chi connectivity index (χ0) is 22.3. The highest BCUT2D eigenvalue weighted by Crippen LogP contribution is 2.38. The fourth-order valence-electron chi connectivity index (χ4n) is 4.05. The van der Waals surface area contributed by atoms with E-state index in [0.29, 0.717) is 42.5 Å². The van der Waals surface area contributed by atoms with Crippen LogP contribution in [0.2, 0.25) is 10.0 Å². The van der Waals surface area contributed by atoms with Crippen molar-refractivity contribution < 1.29 is 13.2 Å². The van der Waals surface area contributed by atoms with Crippen molar-refractivity contribution in [2.24, 2.45) is 0 Å². The van der Waals surface area contributed by atoms with Gasteiger partial charge in [0.15, 0.2) is 0 Å². The zero-order valence-electron chi connectivity index (χ0n) is 17.6. The highest BCUT2D eigenvalue weighted by molar-refractivity contribution is 7.89. The first-order chi connectivity index (χ1) is 14.7. The molecule has 1 unspecified atom stereocenters. The quantitative estimate of drug-likeness (QED) is 0.596. The molecule has 1 aromatic heterocycles. The van der Waals surface area contributed by atoms with E-state index in [-0.39, 0.29) is 34.1 Å². The molecule has 0 N–H and O–H groups in total. The van der Waals surface area contributed by atoms with Crippen LogP contribution in [0.4, 0.5) is 0 Å². The lowest BCUT2D eigenvalue weighted by molar-refractivity contribution is 0.182. The summed E-state index contributed by atoms with van der Waals surface area (Å²) in [4.78, 5) is 12.9. The van der Waals surface area contributed by atoms with Crippen molar-refractivity contribution in [1.29, 1.82) is 0 Å². The van der Waals surface area contributed by atoms with Crippen molar-refractivity contribution in [1.82, 2.24) is 18.7 Å². The molecule has 0 bridgehead atoms. The van der Waals surface area contributed by atoms with E-state index in [1.165, 1.54) is 21.1 Å². The number of hydrogen-bond acceptors (Lipinski definition) is 5. The first-order valence-corrected chi connectivity index (χ1v) is 12.6. The molecule has 2 aromatic rings. The van der Waals surface area contributed by atoms with E-state index in [1.807, 2.05) is 0 Å². The maximum absolute atomic E-state index is 13.4. The number of benzene rings is 1. The number of aryl methyl sites for hydroxylation is 1. The standard InChI is InChI=1S/C20H26Cl2N4O4S/c1-13-10-18(17(22)11-16(13)21)31(28,29)24-7-3-4-14(12-24)19-23-25(8-9-30-2)20(27)26(19)15-5-6-15/h10-11,14-15H,3-9,12H2,1-2H3. The van der Waals surface area contributed by atoms with Gasteiger partial charge < -0.3 is 4.74 Å². The number of methoxy groups -OCH3 is 1. The van der Waals surface area contributed by atoms with Gasteiger partial charge in [0.25, 0.3) is 0 Å². The predicted octanol–water partition coefficient (Wildman–Crippen LogP) is 3.21. The molecule has 1 atom stereocenters. The summed E-state index contributed by atoms with van der Waals surface area (Å²) >= 11 is 12.3. The second-order valence-electron chi connectivity index (χ2n) is 8.19. The minimum absolute atomic E-state index is 0.0573. The van der Waals surface area contributed by atoms with Crippen LogP contribution in [0.5, 0.6) is 0 Å². The van der Waals surface area contributed by atoms with Crippen molar-refractivity contribution in [3.8, 4) is 0 Å². The number of aromatic nitrogens is 3. The summed E-state index contributed by atoms with van der Waals surface area (Å²) in [6.45, 7) is 3.16. The molecule has 1 saturated heterocycles. The van der Waals surface area contributed by atoms with Gasteiger partial charge in [0, 0.05) is 37.2 Å². The first kappa shape index (κ1) is 22.8. The molecule has 0 radical (unpaired) electrons. The predicted molar refractivity (Wildman–Crippen MR) is 119 cm³/mol. The largest absolute Gasteiger partial charge is 0.383 e. The average molecular weight is 489 g/mol. The van der Waals surface area contributed by atoms with Crippen LogP contribution in [0.15, 0.2) is 21.8 Å². The number of rotatable bonds is 7. The minimum atomic E-state index is -3.81. The lowest BCUT2D eigenvalue weighted by Crippen LogP contribution is -2.40. The topological polar surface area (TPSA) is 86.4 Å². The maximum atomic E-state index is 13.4. The Hall–Kier alpha value is -1.39. The third-order valence-electron chi connectivity index (χ3n) is 5.90. The van der Waals surface area contributed by atoms with E-state index < -0.39 is 10.0 Å². The molecule has 1 aromatic carbocycles. The fraction of sp³-hybridized carbons (Fsp3) is 0.600. The second-order valence-corrected chi connectivity index (χ2v) is 10.9. The third kappa shape index (κ3) is 4.43. The van der Waals surface area contributed by atoms with Crippen LogP contribution in [0.25, 0.3) is 0 Å². The Labute approximate surface area is 191 Å². The van der Waals surface area contributed by atoms with Gasteiger partial charge in [-0.3, -0.25) is 4.57 Å². The lowest BCUT2D eigenvalue weighted by atomic mass is 9.99. The second kappa shape index (κ2) is 8.86. The van der Waals surface area contributed by atoms with Gasteiger partial charge in [-0.05, 0) is 50.3 Å². The molecule has 2 fully saturated rings. The summed E-state index contributed by atoms with van der Waals surface area (Å²) in [6.07, 6.45) is 3.33. The summed E-state index contributed by atoms with van der Waals surface area (Å²) in [5, 5.41) is 5.12. The fourth-order valence-corrected chi connectivity index (χ4v) is 6.38. The summed E-state index contributed by atoms with van der Waals surface area (Å²) in [5.41, 5.74) is 0.503. The number of sulfonamides is 1. The molecule has 1 aliphatic heterocycles. The van der Waals surface area contributed by atoms with E-state index in [1.54, 1.807) is 18.6 Å². The number of piperidine rings is 1. The van der Waals surface area contributed by atoms with Gasteiger partial charge in [-0.2, -0.15) is 9.40 Å². The van der Waals surface area contributed by atoms with Crippen LogP contribution in [0.3, 0.4) is 0 Å². The molecule has 0 spiro atoms. The van der Waals surface area contributed by atoms with Crippen LogP contribution in [0.1, 0.15) is 49.0 Å². The first-order valence-electron chi connectivity index (χ1n) is 10.4. The molecule has 2 heterocycles. The maximum Gasteiger partial charge on any atom is 0.346 e. The number of ether oxygens (including phenoxy) is 1. The lowest BCUT2D eigenvalue weighted by Gasteiger charge is -2.31. The van der Waals surface area contributed by atoms with E-state index in [2.05, 4.69) is 5.10 Å². The van der Waals surface area contributed by atoms with Gasteiger partial charge in [0.05, 0.1) is 18.2 Å². The van der Waals surface area contributed by atoms with Crippen LogP contribution in [0, 0.1) is 6.92 Å². The molecule has 170 valence electrons. The molecular formula is C20H26Cl2N4O4S. The van der Waals surface area contributed by atoms with Crippen molar-refractivity contribution >= 4 is 33.2 Å². The van der Waals surface area contributed by atoms with Crippen LogP contribution in [-0.2, 0) is 21.3 Å². The van der Waals surface area contributed by atoms with Gasteiger partial charge >= 0.3 is 5.69 Å². The van der Waals surface area contributed by atoms with Crippen molar-refractivity contribution in [2.75, 3.05) is 26.8 Å². The van der Waals surface area contributed by atoms with Gasteiger partial charge in [0.1, 0.15) is 10.7 Å². The van der Waals surface area contributed by atoms with Gasteiger partial charge in [-0.25, -0.2) is 17.9 Å². The van der Waals surface area contributed by atoms with Crippen LogP contribution >= 0.6 is 23.2 Å². The van der Waals surface area contributed by atoms with Gasteiger partial charge in [-0.1, -0.05) is 23.2 Å². The normalized spacial score (nSPS) is 20.3. The van der Waals surface area contributed by atoms with Gasteiger partial charge in [-0.15, -0.1) is 0 Å². The summed E-state index contributed by atoms with van der Waals surface area (Å²) < 4.78 is 36.5. The van der Waals surface area contributed by atoms with Gasteiger partial charge in [0.2, 0.25) is 10.0 Å². The molecular weight excluding hydrogens is 463 g/mol. The van der Waals surface area contributed by atoms with Crippen molar-refractivity contribution in [3.05, 3.63) is 44.1 Å². The Morgan fingerprint density at radius 2 is 1.94 bits per heavy atom. The molecule has 0 amide bonds. The number of nitrogens with zero attached hydrogens (tertiary/aromatic N) is 4. The SMILES string of the molecule is COCCn1nc(C2CCCN(S(=O)(=O)c3cc(C)c(Cl)cc3Cl)C2)n(C2CC2)c1=O. The smallest absolute Gasteiger partial charge is 0.346 e. The van der Waals surface area contributed by atoms with Crippen LogP contribution < -0.4 is 5.69 Å². The van der Waals surface area contributed by atoms with E-state index in [0.717, 1.165) is 19.3 Å².